The molecular formula is C14H18N4O2. The van der Waals surface area contributed by atoms with Crippen molar-refractivity contribution in [3.05, 3.63) is 41.2 Å². The highest BCUT2D eigenvalue weighted by atomic mass is 16.4. The first kappa shape index (κ1) is 14.0. The molecule has 2 aromatic heterocycles. The number of aromatic nitrogens is 2. The molecule has 2 aromatic rings. The van der Waals surface area contributed by atoms with Crippen LogP contribution in [0.2, 0.25) is 0 Å². The minimum atomic E-state index is -0.200. The molecular weight excluding hydrogens is 256 g/mol. The molecule has 0 saturated heterocycles. The van der Waals surface area contributed by atoms with Gasteiger partial charge in [-0.2, -0.15) is 0 Å². The van der Waals surface area contributed by atoms with E-state index < -0.39 is 0 Å². The molecule has 0 aliphatic rings. The van der Waals surface area contributed by atoms with E-state index in [2.05, 4.69) is 20.6 Å². The molecule has 0 aromatic carbocycles. The number of carbonyl (C=O) groups is 1. The first-order valence-corrected chi connectivity index (χ1v) is 6.51. The zero-order chi connectivity index (χ0) is 14.5. The maximum absolute atomic E-state index is 11.9. The quantitative estimate of drug-likeness (QED) is 0.872. The standard InChI is InChI=1S/C14H18N4O2/c1-4-15-12-6-5-11(7-16-12)14(19)17-8-13-18-9(2)10(3)20-13/h5-7H,4,8H2,1-3H3,(H,15,16)(H,17,19). The lowest BCUT2D eigenvalue weighted by Crippen LogP contribution is -2.23. The van der Waals surface area contributed by atoms with Crippen molar-refractivity contribution in [2.24, 2.45) is 0 Å². The van der Waals surface area contributed by atoms with Crippen LogP contribution in [0.1, 0.15) is 34.6 Å². The van der Waals surface area contributed by atoms with E-state index in [0.717, 1.165) is 23.8 Å². The van der Waals surface area contributed by atoms with Gasteiger partial charge < -0.3 is 15.1 Å². The van der Waals surface area contributed by atoms with Crippen molar-refractivity contribution in [2.45, 2.75) is 27.3 Å². The van der Waals surface area contributed by atoms with Gasteiger partial charge in [-0.3, -0.25) is 4.79 Å². The summed E-state index contributed by atoms with van der Waals surface area (Å²) in [5.74, 6) is 1.83. The van der Waals surface area contributed by atoms with Gasteiger partial charge in [0.2, 0.25) is 5.89 Å². The maximum atomic E-state index is 11.9. The van der Waals surface area contributed by atoms with E-state index in [9.17, 15) is 4.79 Å². The molecule has 0 saturated carbocycles. The molecule has 0 radical (unpaired) electrons. The van der Waals surface area contributed by atoms with Crippen LogP contribution in [0, 0.1) is 13.8 Å². The zero-order valence-corrected chi connectivity index (χ0v) is 11.9. The first-order valence-electron chi connectivity index (χ1n) is 6.51. The van der Waals surface area contributed by atoms with Crippen molar-refractivity contribution in [3.8, 4) is 0 Å². The molecule has 0 bridgehead atoms. The second-order valence-corrected chi connectivity index (χ2v) is 4.39. The topological polar surface area (TPSA) is 80.0 Å². The number of anilines is 1. The van der Waals surface area contributed by atoms with Gasteiger partial charge in [0.15, 0.2) is 0 Å². The highest BCUT2D eigenvalue weighted by Gasteiger charge is 2.09. The van der Waals surface area contributed by atoms with Gasteiger partial charge in [-0.25, -0.2) is 9.97 Å². The van der Waals surface area contributed by atoms with Crippen LogP contribution < -0.4 is 10.6 Å². The summed E-state index contributed by atoms with van der Waals surface area (Å²) in [6.45, 7) is 6.76. The van der Waals surface area contributed by atoms with Crippen molar-refractivity contribution >= 4 is 11.7 Å². The maximum Gasteiger partial charge on any atom is 0.253 e. The third kappa shape index (κ3) is 3.34. The number of hydrogen-bond donors (Lipinski definition) is 2. The minimum absolute atomic E-state index is 0.200. The van der Waals surface area contributed by atoms with Crippen LogP contribution in [0.25, 0.3) is 0 Å². The second kappa shape index (κ2) is 6.18. The van der Waals surface area contributed by atoms with Crippen LogP contribution in [-0.4, -0.2) is 22.4 Å². The number of oxazole rings is 1. The highest BCUT2D eigenvalue weighted by Crippen LogP contribution is 2.08. The van der Waals surface area contributed by atoms with Crippen LogP contribution in [0.4, 0.5) is 5.82 Å². The molecule has 0 aliphatic carbocycles. The number of aryl methyl sites for hydroxylation is 2. The fourth-order valence-electron chi connectivity index (χ4n) is 1.69. The van der Waals surface area contributed by atoms with Gasteiger partial charge in [0.05, 0.1) is 17.8 Å². The van der Waals surface area contributed by atoms with Crippen LogP contribution in [0.5, 0.6) is 0 Å². The lowest BCUT2D eigenvalue weighted by atomic mass is 10.2. The van der Waals surface area contributed by atoms with Gasteiger partial charge in [-0.1, -0.05) is 0 Å². The Hall–Kier alpha value is -2.37. The fraction of sp³-hybridized carbons (Fsp3) is 0.357. The molecule has 20 heavy (non-hydrogen) atoms. The Balaban J connectivity index is 1.94. The van der Waals surface area contributed by atoms with Gasteiger partial charge in [0, 0.05) is 12.7 Å². The third-order valence-electron chi connectivity index (χ3n) is 2.86. The van der Waals surface area contributed by atoms with E-state index in [1.165, 1.54) is 0 Å². The van der Waals surface area contributed by atoms with Crippen molar-refractivity contribution in [1.29, 1.82) is 0 Å². The molecule has 6 heteroatoms. The average Bonchev–Trinajstić information content (AvgIpc) is 2.76. The Bertz CT molecular complexity index is 570. The van der Waals surface area contributed by atoms with E-state index in [1.54, 1.807) is 18.3 Å². The molecule has 0 spiro atoms. The van der Waals surface area contributed by atoms with Gasteiger partial charge in [-0.15, -0.1) is 0 Å². The van der Waals surface area contributed by atoms with Crippen molar-refractivity contribution in [2.75, 3.05) is 11.9 Å². The molecule has 1 amide bonds. The summed E-state index contributed by atoms with van der Waals surface area (Å²) < 4.78 is 5.40. The normalized spacial score (nSPS) is 10.3. The molecule has 0 fully saturated rings. The van der Waals surface area contributed by atoms with Crippen molar-refractivity contribution in [1.82, 2.24) is 15.3 Å². The molecule has 0 unspecified atom stereocenters. The highest BCUT2D eigenvalue weighted by molar-refractivity contribution is 5.93. The zero-order valence-electron chi connectivity index (χ0n) is 11.9. The molecule has 2 rings (SSSR count). The number of rotatable bonds is 5. The third-order valence-corrected chi connectivity index (χ3v) is 2.86. The number of hydrogen-bond acceptors (Lipinski definition) is 5. The smallest absolute Gasteiger partial charge is 0.253 e. The summed E-state index contributed by atoms with van der Waals surface area (Å²) in [5, 5.41) is 5.82. The van der Waals surface area contributed by atoms with E-state index in [-0.39, 0.29) is 12.5 Å². The lowest BCUT2D eigenvalue weighted by Gasteiger charge is -2.04. The molecule has 6 nitrogen and oxygen atoms in total. The van der Waals surface area contributed by atoms with Gasteiger partial charge in [-0.05, 0) is 32.9 Å². The Labute approximate surface area is 117 Å². The second-order valence-electron chi connectivity index (χ2n) is 4.39. The summed E-state index contributed by atoms with van der Waals surface area (Å²) in [4.78, 5) is 20.3. The number of amides is 1. The summed E-state index contributed by atoms with van der Waals surface area (Å²) in [6, 6.07) is 3.50. The fourth-order valence-corrected chi connectivity index (χ4v) is 1.69. The molecule has 0 atom stereocenters. The Morgan fingerprint density at radius 1 is 1.35 bits per heavy atom. The lowest BCUT2D eigenvalue weighted by molar-refractivity contribution is 0.0947. The van der Waals surface area contributed by atoms with Gasteiger partial charge >= 0.3 is 0 Å². The van der Waals surface area contributed by atoms with Gasteiger partial charge in [0.1, 0.15) is 11.6 Å². The van der Waals surface area contributed by atoms with Crippen LogP contribution in [-0.2, 0) is 6.54 Å². The number of carbonyl (C=O) groups excluding carboxylic acids is 1. The van der Waals surface area contributed by atoms with E-state index in [4.69, 9.17) is 4.42 Å². The Morgan fingerprint density at radius 3 is 2.70 bits per heavy atom. The molecule has 106 valence electrons. The molecule has 2 N–H and O–H groups in total. The monoisotopic (exact) mass is 274 g/mol. The summed E-state index contributed by atoms with van der Waals surface area (Å²) >= 11 is 0. The molecule has 0 aliphatic heterocycles. The summed E-state index contributed by atoms with van der Waals surface area (Å²) in [5.41, 5.74) is 1.34. The average molecular weight is 274 g/mol. The largest absolute Gasteiger partial charge is 0.444 e. The summed E-state index contributed by atoms with van der Waals surface area (Å²) in [6.07, 6.45) is 1.54. The van der Waals surface area contributed by atoms with E-state index >= 15 is 0 Å². The first-order chi connectivity index (χ1) is 9.60. The van der Waals surface area contributed by atoms with Crippen LogP contribution in [0.15, 0.2) is 22.7 Å². The van der Waals surface area contributed by atoms with Gasteiger partial charge in [0.25, 0.3) is 5.91 Å². The van der Waals surface area contributed by atoms with Crippen molar-refractivity contribution in [3.63, 3.8) is 0 Å². The van der Waals surface area contributed by atoms with E-state index in [0.29, 0.717) is 11.5 Å². The predicted octanol–water partition coefficient (Wildman–Crippen LogP) is 2.05. The Kier molecular flexibility index (Phi) is 4.34. The summed E-state index contributed by atoms with van der Waals surface area (Å²) in [7, 11) is 0. The minimum Gasteiger partial charge on any atom is -0.444 e. The van der Waals surface area contributed by atoms with Crippen LogP contribution >= 0.6 is 0 Å². The Morgan fingerprint density at radius 2 is 2.15 bits per heavy atom. The number of pyridine rings is 1. The number of nitrogens with one attached hydrogen (secondary N) is 2. The SMILES string of the molecule is CCNc1ccc(C(=O)NCc2nc(C)c(C)o2)cn1. The molecule has 2 heterocycles. The predicted molar refractivity (Wildman–Crippen MR) is 75.5 cm³/mol. The number of nitrogens with zero attached hydrogens (tertiary/aromatic N) is 2. The van der Waals surface area contributed by atoms with Crippen LogP contribution in [0.3, 0.4) is 0 Å². The van der Waals surface area contributed by atoms with Crippen molar-refractivity contribution < 1.29 is 9.21 Å². The van der Waals surface area contributed by atoms with E-state index in [1.807, 2.05) is 20.8 Å².